The zero-order valence-electron chi connectivity index (χ0n) is 20.6. The first kappa shape index (κ1) is 24.1. The number of hydrogen-bond donors (Lipinski definition) is 0. The van der Waals surface area contributed by atoms with E-state index < -0.39 is 17.5 Å². The molecule has 9 heteroatoms. The van der Waals surface area contributed by atoms with E-state index in [1.807, 2.05) is 24.3 Å². The van der Waals surface area contributed by atoms with Gasteiger partial charge in [0, 0.05) is 23.6 Å². The Morgan fingerprint density at radius 1 is 1.17 bits per heavy atom. The first-order valence-electron chi connectivity index (χ1n) is 12.1. The Morgan fingerprint density at radius 3 is 2.72 bits per heavy atom. The fraction of sp³-hybridized carbons (Fsp3) is 0.407. The van der Waals surface area contributed by atoms with Gasteiger partial charge in [0.05, 0.1) is 42.2 Å². The normalized spacial score (nSPS) is 17.9. The molecule has 4 heterocycles. The molecule has 0 saturated carbocycles. The van der Waals surface area contributed by atoms with Crippen molar-refractivity contribution < 1.29 is 28.5 Å². The number of nitrogens with zero attached hydrogens (tertiary/aromatic N) is 2. The summed E-state index contributed by atoms with van der Waals surface area (Å²) >= 11 is 0. The number of cyclic esters (lactones) is 1. The highest BCUT2D eigenvalue weighted by Gasteiger charge is 2.50. The highest BCUT2D eigenvalue weighted by Crippen LogP contribution is 2.42. The summed E-state index contributed by atoms with van der Waals surface area (Å²) in [6, 6.07) is 9.68. The summed E-state index contributed by atoms with van der Waals surface area (Å²) in [5.74, 6) is -1.43. The lowest BCUT2D eigenvalue weighted by Crippen LogP contribution is -2.48. The topological polar surface area (TPSA) is 106 Å². The van der Waals surface area contributed by atoms with Crippen molar-refractivity contribution in [3.8, 4) is 11.4 Å². The predicted octanol–water partition coefficient (Wildman–Crippen LogP) is 2.86. The number of benzene rings is 1. The minimum absolute atomic E-state index is 0.101. The summed E-state index contributed by atoms with van der Waals surface area (Å²) in [7, 11) is 1.53. The maximum atomic E-state index is 13.7. The number of methoxy groups -OCH3 is 1. The van der Waals surface area contributed by atoms with E-state index in [9.17, 15) is 14.4 Å². The van der Waals surface area contributed by atoms with Gasteiger partial charge in [-0.3, -0.25) is 4.79 Å². The monoisotopic (exact) mass is 492 g/mol. The van der Waals surface area contributed by atoms with Crippen LogP contribution in [0.5, 0.6) is 0 Å². The highest BCUT2D eigenvalue weighted by atomic mass is 16.6. The molecule has 1 atom stereocenters. The summed E-state index contributed by atoms with van der Waals surface area (Å²) in [6.45, 7) is 4.18. The van der Waals surface area contributed by atoms with Crippen LogP contribution in [-0.2, 0) is 53.7 Å². The number of carbonyl (C=O) groups excluding carboxylic acids is 2. The highest BCUT2D eigenvalue weighted by molar-refractivity contribution is 5.90. The lowest BCUT2D eigenvalue weighted by atomic mass is 9.85. The van der Waals surface area contributed by atoms with Crippen molar-refractivity contribution in [2.24, 2.45) is 0 Å². The minimum Gasteiger partial charge on any atom is -0.457 e. The largest absolute Gasteiger partial charge is 0.457 e. The Hall–Kier alpha value is -3.56. The van der Waals surface area contributed by atoms with Gasteiger partial charge in [0.1, 0.15) is 13.2 Å². The number of aromatic nitrogens is 2. The molecule has 188 valence electrons. The zero-order chi connectivity index (χ0) is 25.4. The summed E-state index contributed by atoms with van der Waals surface area (Å²) in [5, 5.41) is 1.06. The first-order chi connectivity index (χ1) is 17.4. The molecule has 2 aliphatic rings. The molecule has 0 radical (unpaired) electrons. The number of pyridine rings is 2. The molecule has 3 aromatic rings. The van der Waals surface area contributed by atoms with Gasteiger partial charge >= 0.3 is 11.9 Å². The van der Waals surface area contributed by atoms with Crippen LogP contribution < -0.4 is 5.56 Å². The van der Waals surface area contributed by atoms with Crippen LogP contribution in [0.15, 0.2) is 35.1 Å². The molecule has 1 aromatic carbocycles. The molecule has 0 bridgehead atoms. The fourth-order valence-corrected chi connectivity index (χ4v) is 5.20. The van der Waals surface area contributed by atoms with Crippen LogP contribution in [0.4, 0.5) is 0 Å². The average molecular weight is 493 g/mol. The van der Waals surface area contributed by atoms with Crippen molar-refractivity contribution >= 4 is 22.8 Å². The number of para-hydroxylation sites is 1. The molecule has 0 amide bonds. The Kier molecular flexibility index (Phi) is 6.36. The minimum atomic E-state index is -1.74. The van der Waals surface area contributed by atoms with E-state index in [4.69, 9.17) is 23.9 Å². The standard InChI is InChI=1S/C27H28N2O7/c1-4-16-17-8-6-7-9-21(17)28-24-18(16)13-29-22(24)12-20-19(25(29)31)14-35-26(32)27(20,5-2)36-23(30)15-34-11-10-33-3/h6-9,12H,4-5,10-11,13-15H2,1-3H3/t27-/m0/s1. The molecule has 9 nitrogen and oxygen atoms in total. The predicted molar refractivity (Wildman–Crippen MR) is 130 cm³/mol. The second-order valence-corrected chi connectivity index (χ2v) is 8.88. The van der Waals surface area contributed by atoms with Crippen molar-refractivity contribution in [2.75, 3.05) is 26.9 Å². The van der Waals surface area contributed by atoms with Gasteiger partial charge in [-0.15, -0.1) is 0 Å². The summed E-state index contributed by atoms with van der Waals surface area (Å²) in [4.78, 5) is 44.3. The zero-order valence-corrected chi connectivity index (χ0v) is 20.6. The van der Waals surface area contributed by atoms with Crippen molar-refractivity contribution in [1.29, 1.82) is 0 Å². The molecule has 2 aromatic heterocycles. The van der Waals surface area contributed by atoms with E-state index in [1.54, 1.807) is 17.6 Å². The fourth-order valence-electron chi connectivity index (χ4n) is 5.20. The second kappa shape index (κ2) is 9.48. The number of rotatable bonds is 8. The molecular weight excluding hydrogens is 464 g/mol. The van der Waals surface area contributed by atoms with Crippen LogP contribution in [-0.4, -0.2) is 48.4 Å². The Bertz CT molecular complexity index is 1430. The van der Waals surface area contributed by atoms with Gasteiger partial charge in [-0.2, -0.15) is 0 Å². The SMILES string of the molecule is CCc1c2c(nc3ccccc13)-c1cc3c(c(=O)n1C2)COC(=O)[C@@]3(CC)OC(=O)COCCOC. The first-order valence-corrected chi connectivity index (χ1v) is 12.1. The van der Waals surface area contributed by atoms with Crippen LogP contribution in [0.2, 0.25) is 0 Å². The van der Waals surface area contributed by atoms with E-state index in [-0.39, 0.29) is 31.8 Å². The molecule has 5 rings (SSSR count). The Morgan fingerprint density at radius 2 is 1.97 bits per heavy atom. The molecule has 0 unspecified atom stereocenters. The van der Waals surface area contributed by atoms with Crippen LogP contribution >= 0.6 is 0 Å². The van der Waals surface area contributed by atoms with Gasteiger partial charge in [0.15, 0.2) is 0 Å². The maximum absolute atomic E-state index is 13.7. The Balaban J connectivity index is 1.63. The molecule has 2 aliphatic heterocycles. The number of carbonyl (C=O) groups is 2. The number of ether oxygens (including phenoxy) is 4. The van der Waals surface area contributed by atoms with Gasteiger partial charge in [0.2, 0.25) is 5.60 Å². The lowest BCUT2D eigenvalue weighted by Gasteiger charge is -2.35. The molecule has 0 fully saturated rings. The molecule has 0 aliphatic carbocycles. The van der Waals surface area contributed by atoms with E-state index in [0.717, 1.165) is 28.5 Å². The number of aryl methyl sites for hydroxylation is 1. The van der Waals surface area contributed by atoms with E-state index in [2.05, 4.69) is 6.92 Å². The van der Waals surface area contributed by atoms with Crippen LogP contribution in [0, 0.1) is 0 Å². The summed E-state index contributed by atoms with van der Waals surface area (Å²) < 4.78 is 22.9. The molecule has 36 heavy (non-hydrogen) atoms. The van der Waals surface area contributed by atoms with Gasteiger partial charge in [-0.25, -0.2) is 14.6 Å². The summed E-state index contributed by atoms with van der Waals surface area (Å²) in [6.07, 6.45) is 0.888. The van der Waals surface area contributed by atoms with E-state index >= 15 is 0 Å². The average Bonchev–Trinajstić information content (AvgIpc) is 3.25. The third kappa shape index (κ3) is 3.70. The van der Waals surface area contributed by atoms with Crippen molar-refractivity contribution in [3.05, 3.63) is 62.9 Å². The third-order valence-corrected chi connectivity index (χ3v) is 6.97. The maximum Gasteiger partial charge on any atom is 0.355 e. The quantitative estimate of drug-likeness (QED) is 0.273. The lowest BCUT2D eigenvalue weighted by molar-refractivity contribution is -0.192. The van der Waals surface area contributed by atoms with Gasteiger partial charge in [0.25, 0.3) is 5.56 Å². The van der Waals surface area contributed by atoms with Crippen LogP contribution in [0.3, 0.4) is 0 Å². The number of hydrogen-bond acceptors (Lipinski definition) is 8. The van der Waals surface area contributed by atoms with Crippen LogP contribution in [0.25, 0.3) is 22.3 Å². The Labute approximate surface area is 207 Å². The molecule has 0 spiro atoms. The van der Waals surface area contributed by atoms with Gasteiger partial charge in [-0.1, -0.05) is 32.0 Å². The molecular formula is C27H28N2O7. The molecule has 0 N–H and O–H groups in total. The van der Waals surface area contributed by atoms with Crippen molar-refractivity contribution in [2.45, 2.75) is 45.4 Å². The smallest absolute Gasteiger partial charge is 0.355 e. The second-order valence-electron chi connectivity index (χ2n) is 8.88. The van der Waals surface area contributed by atoms with Crippen LogP contribution in [0.1, 0.15) is 42.5 Å². The third-order valence-electron chi connectivity index (χ3n) is 6.97. The number of esters is 2. The number of fused-ring (bicyclic) bond motifs is 5. The van der Waals surface area contributed by atoms with Crippen molar-refractivity contribution in [1.82, 2.24) is 9.55 Å². The van der Waals surface area contributed by atoms with E-state index in [1.165, 1.54) is 7.11 Å². The van der Waals surface area contributed by atoms with E-state index in [0.29, 0.717) is 35.7 Å². The van der Waals surface area contributed by atoms with Gasteiger partial charge < -0.3 is 23.5 Å². The summed E-state index contributed by atoms with van der Waals surface area (Å²) in [5.41, 5.74) is 2.94. The van der Waals surface area contributed by atoms with Crippen molar-refractivity contribution in [3.63, 3.8) is 0 Å². The molecule has 0 saturated heterocycles. The van der Waals surface area contributed by atoms with Gasteiger partial charge in [-0.05, 0) is 30.5 Å².